The van der Waals surface area contributed by atoms with Crippen LogP contribution in [0.5, 0.6) is 0 Å². The van der Waals surface area contributed by atoms with Crippen molar-refractivity contribution in [3.63, 3.8) is 0 Å². The molecule has 0 aliphatic rings. The Morgan fingerprint density at radius 3 is 2.33 bits per heavy atom. The van der Waals surface area contributed by atoms with Gasteiger partial charge in [0.1, 0.15) is 0 Å². The second-order valence-corrected chi connectivity index (χ2v) is 8.32. The predicted molar refractivity (Wildman–Crippen MR) is 85.7 cm³/mol. The molecule has 0 aliphatic carbocycles. The lowest BCUT2D eigenvalue weighted by molar-refractivity contribution is 0.592. The van der Waals surface area contributed by atoms with E-state index in [0.29, 0.717) is 14.9 Å². The molecule has 0 radical (unpaired) electrons. The van der Waals surface area contributed by atoms with Gasteiger partial charge in [-0.05, 0) is 51.8 Å². The van der Waals surface area contributed by atoms with Crippen LogP contribution in [0.25, 0.3) is 0 Å². The van der Waals surface area contributed by atoms with E-state index in [2.05, 4.69) is 15.9 Å². The third-order valence-corrected chi connectivity index (χ3v) is 5.86. The first kappa shape index (κ1) is 16.5. The molecule has 0 saturated carbocycles. The zero-order valence-corrected chi connectivity index (χ0v) is 14.4. The molecular formula is C14H13BrFNO2S2. The van der Waals surface area contributed by atoms with Gasteiger partial charge in [-0.15, -0.1) is 0 Å². The maximum absolute atomic E-state index is 14.2. The van der Waals surface area contributed by atoms with Gasteiger partial charge in [-0.2, -0.15) is 0 Å². The number of rotatable bonds is 4. The van der Waals surface area contributed by atoms with E-state index in [1.165, 1.54) is 23.9 Å². The van der Waals surface area contributed by atoms with Crippen molar-refractivity contribution in [1.82, 2.24) is 0 Å². The number of halogens is 2. The van der Waals surface area contributed by atoms with Crippen LogP contribution < -0.4 is 5.73 Å². The Morgan fingerprint density at radius 2 is 1.81 bits per heavy atom. The molecule has 0 heterocycles. The molecule has 0 saturated heterocycles. The van der Waals surface area contributed by atoms with Gasteiger partial charge < -0.3 is 5.73 Å². The molecule has 0 fully saturated rings. The van der Waals surface area contributed by atoms with Crippen LogP contribution in [0, 0.1) is 5.82 Å². The number of sulfone groups is 1. The quantitative estimate of drug-likeness (QED) is 0.867. The fourth-order valence-electron chi connectivity index (χ4n) is 1.69. The average molecular weight is 390 g/mol. The van der Waals surface area contributed by atoms with Gasteiger partial charge in [0, 0.05) is 22.6 Å². The van der Waals surface area contributed by atoms with Gasteiger partial charge >= 0.3 is 0 Å². The summed E-state index contributed by atoms with van der Waals surface area (Å²) < 4.78 is 37.3. The summed E-state index contributed by atoms with van der Waals surface area (Å²) in [5.74, 6) is -0.366. The molecule has 21 heavy (non-hydrogen) atoms. The fraction of sp³-hybridized carbons (Fsp3) is 0.143. The molecule has 0 amide bonds. The van der Waals surface area contributed by atoms with Gasteiger partial charge in [0.05, 0.1) is 9.37 Å². The smallest absolute Gasteiger partial charge is 0.175 e. The Labute approximate surface area is 135 Å². The van der Waals surface area contributed by atoms with E-state index < -0.39 is 9.84 Å². The zero-order valence-electron chi connectivity index (χ0n) is 11.1. The third-order valence-electron chi connectivity index (χ3n) is 2.83. The highest BCUT2D eigenvalue weighted by molar-refractivity contribution is 9.10. The highest BCUT2D eigenvalue weighted by Crippen LogP contribution is 2.34. The van der Waals surface area contributed by atoms with Gasteiger partial charge in [0.2, 0.25) is 0 Å². The van der Waals surface area contributed by atoms with Crippen LogP contribution >= 0.6 is 27.7 Å². The lowest BCUT2D eigenvalue weighted by atomic mass is 10.2. The van der Waals surface area contributed by atoms with Crippen molar-refractivity contribution in [2.75, 3.05) is 6.26 Å². The Bertz CT molecular complexity index is 761. The molecular weight excluding hydrogens is 377 g/mol. The number of benzene rings is 2. The van der Waals surface area contributed by atoms with Crippen molar-refractivity contribution < 1.29 is 12.8 Å². The van der Waals surface area contributed by atoms with E-state index in [4.69, 9.17) is 5.73 Å². The Balaban J connectivity index is 2.29. The lowest BCUT2D eigenvalue weighted by Gasteiger charge is -2.08. The van der Waals surface area contributed by atoms with Crippen LogP contribution in [0.15, 0.2) is 55.6 Å². The summed E-state index contributed by atoms with van der Waals surface area (Å²) in [4.78, 5) is 1.45. The third kappa shape index (κ3) is 3.85. The van der Waals surface area contributed by atoms with Crippen molar-refractivity contribution in [2.24, 2.45) is 5.73 Å². The summed E-state index contributed by atoms with van der Waals surface area (Å²) in [5, 5.41) is 0. The Hall–Kier alpha value is -0.890. The van der Waals surface area contributed by atoms with Crippen LogP contribution in [0.4, 0.5) is 4.39 Å². The lowest BCUT2D eigenvalue weighted by Crippen LogP contribution is -1.99. The monoisotopic (exact) mass is 389 g/mol. The van der Waals surface area contributed by atoms with E-state index in [0.717, 1.165) is 11.2 Å². The largest absolute Gasteiger partial charge is 0.326 e. The van der Waals surface area contributed by atoms with Gasteiger partial charge in [0.15, 0.2) is 15.7 Å². The van der Waals surface area contributed by atoms with E-state index in [-0.39, 0.29) is 17.3 Å². The van der Waals surface area contributed by atoms with Crippen molar-refractivity contribution in [3.05, 3.63) is 52.3 Å². The second kappa shape index (κ2) is 6.48. The van der Waals surface area contributed by atoms with E-state index in [9.17, 15) is 12.8 Å². The van der Waals surface area contributed by atoms with Gasteiger partial charge in [-0.25, -0.2) is 12.8 Å². The first-order valence-electron chi connectivity index (χ1n) is 5.98. The summed E-state index contributed by atoms with van der Waals surface area (Å²) >= 11 is 4.42. The minimum absolute atomic E-state index is 0.243. The van der Waals surface area contributed by atoms with E-state index in [1.54, 1.807) is 24.3 Å². The molecule has 7 heteroatoms. The SMILES string of the molecule is CS(=O)(=O)c1ccc(Sc2ccc(CN)c(Br)c2F)cc1. The van der Waals surface area contributed by atoms with Gasteiger partial charge in [-0.3, -0.25) is 0 Å². The van der Waals surface area contributed by atoms with Crippen LogP contribution in [-0.2, 0) is 16.4 Å². The van der Waals surface area contributed by atoms with Crippen molar-refractivity contribution in [2.45, 2.75) is 21.2 Å². The van der Waals surface area contributed by atoms with Crippen LogP contribution in [0.3, 0.4) is 0 Å². The zero-order chi connectivity index (χ0) is 15.6. The first-order valence-corrected chi connectivity index (χ1v) is 9.48. The number of hydrogen-bond acceptors (Lipinski definition) is 4. The van der Waals surface area contributed by atoms with Crippen LogP contribution in [0.1, 0.15) is 5.56 Å². The molecule has 2 rings (SSSR count). The van der Waals surface area contributed by atoms with Crippen molar-refractivity contribution in [3.8, 4) is 0 Å². The maximum atomic E-state index is 14.2. The highest BCUT2D eigenvalue weighted by atomic mass is 79.9. The molecule has 0 aromatic heterocycles. The Kier molecular flexibility index (Phi) is 5.08. The van der Waals surface area contributed by atoms with Crippen molar-refractivity contribution in [1.29, 1.82) is 0 Å². The Morgan fingerprint density at radius 1 is 1.19 bits per heavy atom. The normalized spacial score (nSPS) is 11.6. The molecule has 0 bridgehead atoms. The summed E-state index contributed by atoms with van der Waals surface area (Å²) in [6.07, 6.45) is 1.15. The number of nitrogens with two attached hydrogens (primary N) is 1. The fourth-order valence-corrected chi connectivity index (χ4v) is 3.81. The number of hydrogen-bond donors (Lipinski definition) is 1. The maximum Gasteiger partial charge on any atom is 0.175 e. The minimum atomic E-state index is -3.22. The minimum Gasteiger partial charge on any atom is -0.326 e. The molecule has 0 atom stereocenters. The summed E-state index contributed by atoms with van der Waals surface area (Å²) in [7, 11) is -3.22. The topological polar surface area (TPSA) is 60.2 Å². The second-order valence-electron chi connectivity index (χ2n) is 4.40. The van der Waals surface area contributed by atoms with E-state index >= 15 is 0 Å². The van der Waals surface area contributed by atoms with E-state index in [1.807, 2.05) is 0 Å². The molecule has 112 valence electrons. The molecule has 0 unspecified atom stereocenters. The summed E-state index contributed by atoms with van der Waals surface area (Å²) in [6, 6.07) is 9.77. The highest BCUT2D eigenvalue weighted by Gasteiger charge is 2.12. The molecule has 0 spiro atoms. The van der Waals surface area contributed by atoms with Gasteiger partial charge in [-0.1, -0.05) is 17.8 Å². The molecule has 3 nitrogen and oxygen atoms in total. The van der Waals surface area contributed by atoms with Gasteiger partial charge in [0.25, 0.3) is 0 Å². The predicted octanol–water partition coefficient (Wildman–Crippen LogP) is 3.60. The van der Waals surface area contributed by atoms with Crippen LogP contribution in [0.2, 0.25) is 0 Å². The molecule has 2 aromatic rings. The molecule has 2 N–H and O–H groups in total. The van der Waals surface area contributed by atoms with Crippen LogP contribution in [-0.4, -0.2) is 14.7 Å². The summed E-state index contributed by atoms with van der Waals surface area (Å²) in [6.45, 7) is 0.255. The molecule has 2 aromatic carbocycles. The van der Waals surface area contributed by atoms with Crippen molar-refractivity contribution >= 4 is 37.5 Å². The summed E-state index contributed by atoms with van der Waals surface area (Å²) in [5.41, 5.74) is 6.22. The molecule has 0 aliphatic heterocycles. The standard InChI is InChI=1S/C14H13BrFNO2S2/c1-21(18,19)11-5-3-10(4-6-11)20-12-7-2-9(8-17)13(15)14(12)16/h2-7H,8,17H2,1H3. The average Bonchev–Trinajstić information content (AvgIpc) is 2.44. The first-order chi connectivity index (χ1) is 9.82.